The lowest BCUT2D eigenvalue weighted by Crippen LogP contribution is -2.39. The molecule has 2 aromatic carbocycles. The molecule has 0 spiro atoms. The Balaban J connectivity index is 1.51. The molecule has 5 heterocycles. The van der Waals surface area contributed by atoms with Crippen LogP contribution < -0.4 is 4.74 Å². The van der Waals surface area contributed by atoms with Gasteiger partial charge in [0.1, 0.15) is 35.4 Å². The lowest BCUT2D eigenvalue weighted by atomic mass is 9.96. The number of aliphatic hydroxyl groups is 1. The van der Waals surface area contributed by atoms with Gasteiger partial charge in [0.15, 0.2) is 0 Å². The van der Waals surface area contributed by atoms with Gasteiger partial charge in [-0.25, -0.2) is 13.8 Å². The minimum absolute atomic E-state index is 0.0161. The first kappa shape index (κ1) is 30.7. The smallest absolute Gasteiger partial charge is 0.246 e. The van der Waals surface area contributed by atoms with Gasteiger partial charge in [-0.3, -0.25) is 14.2 Å². The molecule has 1 N–H and O–H groups in total. The zero-order valence-electron chi connectivity index (χ0n) is 26.3. The summed E-state index contributed by atoms with van der Waals surface area (Å²) in [6, 6.07) is 11.6. The molecule has 6 aromatic rings. The highest BCUT2D eigenvalue weighted by Gasteiger charge is 2.31. The maximum Gasteiger partial charge on any atom is 0.246 e. The van der Waals surface area contributed by atoms with Crippen molar-refractivity contribution >= 4 is 38.2 Å². The van der Waals surface area contributed by atoms with Crippen LogP contribution in [0.25, 0.3) is 54.8 Å². The van der Waals surface area contributed by atoms with Gasteiger partial charge in [0.2, 0.25) is 5.91 Å². The van der Waals surface area contributed by atoms with Crippen molar-refractivity contribution in [1.82, 2.24) is 29.4 Å². The van der Waals surface area contributed by atoms with Crippen LogP contribution in [-0.4, -0.2) is 59.2 Å². The Labute approximate surface area is 273 Å². The summed E-state index contributed by atoms with van der Waals surface area (Å²) in [5, 5.41) is 23.4. The highest BCUT2D eigenvalue weighted by Crippen LogP contribution is 2.47. The van der Waals surface area contributed by atoms with Crippen molar-refractivity contribution in [3.05, 3.63) is 84.0 Å². The Morgan fingerprint density at radius 2 is 1.98 bits per heavy atom. The summed E-state index contributed by atoms with van der Waals surface area (Å²) in [5.41, 5.74) is 3.22. The molecular weight excluding hydrogens is 622 g/mol. The van der Waals surface area contributed by atoms with Gasteiger partial charge in [0.25, 0.3) is 0 Å². The monoisotopic (exact) mass is 654 g/mol. The molecule has 0 radical (unpaired) electrons. The van der Waals surface area contributed by atoms with Crippen molar-refractivity contribution in [2.24, 2.45) is 7.05 Å². The summed E-state index contributed by atoms with van der Waals surface area (Å²) in [6.07, 6.45) is 3.09. The van der Waals surface area contributed by atoms with Crippen LogP contribution in [0.15, 0.2) is 66.7 Å². The molecule has 47 heavy (non-hydrogen) atoms. The van der Waals surface area contributed by atoms with Crippen molar-refractivity contribution in [2.45, 2.75) is 39.0 Å². The molecule has 0 fully saturated rings. The van der Waals surface area contributed by atoms with E-state index < -0.39 is 17.2 Å². The van der Waals surface area contributed by atoms with Crippen molar-refractivity contribution in [3.63, 3.8) is 0 Å². The predicted molar refractivity (Wildman–Crippen MR) is 178 cm³/mol. The normalized spacial score (nSPS) is 15.0. The molecule has 0 saturated carbocycles. The average molecular weight is 655 g/mol. The van der Waals surface area contributed by atoms with E-state index in [1.165, 1.54) is 17.4 Å². The summed E-state index contributed by atoms with van der Waals surface area (Å²) in [4.78, 5) is 19.4. The molecule has 1 aliphatic rings. The SMILES string of the molecule is C=CC(=O)N1Cc2cc(-c3nc(-c4ccc5c(cnn5C)c4)c4ccsc4c3-c3c(F)cc(F)cc3OCC(C)(C)O)nn2[C@@H](C)C1. The third-order valence-corrected chi connectivity index (χ3v) is 9.21. The molecule has 9 nitrogen and oxygen atoms in total. The first-order chi connectivity index (χ1) is 22.4. The lowest BCUT2D eigenvalue weighted by molar-refractivity contribution is -0.127. The number of carbonyl (C=O) groups is 1. The fraction of sp³-hybridized carbons (Fsp3) is 0.257. The van der Waals surface area contributed by atoms with Crippen LogP contribution in [0.3, 0.4) is 0 Å². The van der Waals surface area contributed by atoms with Crippen molar-refractivity contribution < 1.29 is 23.4 Å². The van der Waals surface area contributed by atoms with E-state index in [9.17, 15) is 14.3 Å². The van der Waals surface area contributed by atoms with Gasteiger partial charge in [-0.2, -0.15) is 10.2 Å². The zero-order valence-corrected chi connectivity index (χ0v) is 27.1. The molecule has 0 bridgehead atoms. The van der Waals surface area contributed by atoms with Crippen molar-refractivity contribution in [3.8, 4) is 39.5 Å². The van der Waals surface area contributed by atoms with Crippen LogP contribution in [0.2, 0.25) is 0 Å². The molecule has 12 heteroatoms. The van der Waals surface area contributed by atoms with E-state index in [0.29, 0.717) is 40.4 Å². The number of amides is 1. The fourth-order valence-electron chi connectivity index (χ4n) is 6.14. The summed E-state index contributed by atoms with van der Waals surface area (Å²) in [7, 11) is 1.88. The van der Waals surface area contributed by atoms with Crippen LogP contribution in [0.1, 0.15) is 32.5 Å². The van der Waals surface area contributed by atoms with Crippen molar-refractivity contribution in [1.29, 1.82) is 0 Å². The third-order valence-electron chi connectivity index (χ3n) is 8.27. The van der Waals surface area contributed by atoms with Gasteiger partial charge < -0.3 is 14.7 Å². The predicted octanol–water partition coefficient (Wildman–Crippen LogP) is 6.90. The second kappa shape index (κ2) is 11.4. The summed E-state index contributed by atoms with van der Waals surface area (Å²) < 4.78 is 41.1. The van der Waals surface area contributed by atoms with Gasteiger partial charge in [-0.1, -0.05) is 12.6 Å². The van der Waals surface area contributed by atoms with E-state index in [-0.39, 0.29) is 29.9 Å². The van der Waals surface area contributed by atoms with Crippen molar-refractivity contribution in [2.75, 3.05) is 13.2 Å². The van der Waals surface area contributed by atoms with Crippen LogP contribution >= 0.6 is 11.3 Å². The van der Waals surface area contributed by atoms with Crippen LogP contribution in [0.4, 0.5) is 8.78 Å². The van der Waals surface area contributed by atoms with Gasteiger partial charge in [-0.15, -0.1) is 11.3 Å². The van der Waals surface area contributed by atoms with Gasteiger partial charge >= 0.3 is 0 Å². The molecule has 1 aliphatic heterocycles. The lowest BCUT2D eigenvalue weighted by Gasteiger charge is -2.31. The largest absolute Gasteiger partial charge is 0.490 e. The standard InChI is InChI=1S/C35H32F2N6O3S/c1-6-29(44)42-16-19(2)43-23(17-42)14-26(40-43)33-31(30-25(37)12-22(36)13-28(30)46-18-35(3,4)45)34-24(9-10-47-34)32(39-33)20-7-8-27-21(11-20)15-38-41(27)5/h6-15,19,45H,1,16-18H2,2-5H3/t19-/m0/s1. The van der Waals surface area contributed by atoms with E-state index in [4.69, 9.17) is 14.8 Å². The quantitative estimate of drug-likeness (QED) is 0.188. The summed E-state index contributed by atoms with van der Waals surface area (Å²) >= 11 is 1.40. The second-order valence-electron chi connectivity index (χ2n) is 12.5. The number of benzene rings is 2. The number of ether oxygens (including phenoxy) is 1. The minimum atomic E-state index is -1.26. The Bertz CT molecular complexity index is 2210. The Hall–Kier alpha value is -4.94. The van der Waals surface area contributed by atoms with Gasteiger partial charge in [0, 0.05) is 52.3 Å². The second-order valence-corrected chi connectivity index (χ2v) is 13.4. The molecule has 1 atom stereocenters. The number of pyridine rings is 1. The molecule has 1 amide bonds. The number of nitrogens with zero attached hydrogens (tertiary/aromatic N) is 6. The molecule has 0 saturated heterocycles. The molecule has 7 rings (SSSR count). The number of fused-ring (bicyclic) bond motifs is 3. The average Bonchev–Trinajstić information content (AvgIpc) is 3.77. The number of rotatable bonds is 7. The Morgan fingerprint density at radius 3 is 2.74 bits per heavy atom. The van der Waals surface area contributed by atoms with E-state index in [1.807, 2.05) is 54.4 Å². The maximum absolute atomic E-state index is 16.1. The number of halogens is 2. The van der Waals surface area contributed by atoms with Crippen LogP contribution in [0.5, 0.6) is 5.75 Å². The first-order valence-electron chi connectivity index (χ1n) is 15.1. The zero-order chi connectivity index (χ0) is 33.2. The number of aromatic nitrogens is 5. The first-order valence-corrected chi connectivity index (χ1v) is 16.0. The molecule has 0 unspecified atom stereocenters. The van der Waals surface area contributed by atoms with E-state index in [2.05, 4.69) is 11.7 Å². The third kappa shape index (κ3) is 5.47. The van der Waals surface area contributed by atoms with E-state index in [1.54, 1.807) is 29.6 Å². The van der Waals surface area contributed by atoms with E-state index in [0.717, 1.165) is 39.7 Å². The molecule has 240 valence electrons. The van der Waals surface area contributed by atoms with E-state index >= 15 is 4.39 Å². The minimum Gasteiger partial charge on any atom is -0.490 e. The highest BCUT2D eigenvalue weighted by molar-refractivity contribution is 7.18. The number of hydrogen-bond acceptors (Lipinski definition) is 7. The number of aryl methyl sites for hydroxylation is 1. The van der Waals surface area contributed by atoms with Crippen LogP contribution in [-0.2, 0) is 18.4 Å². The maximum atomic E-state index is 16.1. The Kier molecular flexibility index (Phi) is 7.44. The van der Waals surface area contributed by atoms with Gasteiger partial charge in [0.05, 0.1) is 46.9 Å². The Morgan fingerprint density at radius 1 is 1.17 bits per heavy atom. The topological polar surface area (TPSA) is 98.3 Å². The number of carbonyl (C=O) groups excluding carboxylic acids is 1. The molecular formula is C35H32F2N6O3S. The van der Waals surface area contributed by atoms with Gasteiger partial charge in [-0.05, 0) is 56.5 Å². The van der Waals surface area contributed by atoms with Crippen LogP contribution in [0, 0.1) is 11.6 Å². The summed E-state index contributed by atoms with van der Waals surface area (Å²) in [5.74, 6) is -1.89. The number of hydrogen-bond donors (Lipinski definition) is 1. The number of thiophene rings is 1. The molecule has 4 aromatic heterocycles. The fourth-order valence-corrected chi connectivity index (χ4v) is 7.08. The summed E-state index contributed by atoms with van der Waals surface area (Å²) in [6.45, 7) is 9.26. The molecule has 0 aliphatic carbocycles. The highest BCUT2D eigenvalue weighted by atomic mass is 32.1.